The van der Waals surface area contributed by atoms with Crippen LogP contribution in [0.25, 0.3) is 0 Å². The van der Waals surface area contributed by atoms with E-state index < -0.39 is 21.8 Å². The Morgan fingerprint density at radius 3 is 2.44 bits per heavy atom. The Morgan fingerprint density at radius 1 is 1.31 bits per heavy atom. The van der Waals surface area contributed by atoms with Crippen molar-refractivity contribution in [2.24, 2.45) is 0 Å². The number of anilines is 1. The van der Waals surface area contributed by atoms with Gasteiger partial charge in [0.25, 0.3) is 0 Å². The Balaban J connectivity index is 2.95. The van der Waals surface area contributed by atoms with Crippen molar-refractivity contribution < 1.29 is 16.7 Å². The zero-order valence-electron chi connectivity index (χ0n) is 9.07. The van der Waals surface area contributed by atoms with Crippen LogP contribution in [-0.2, 0) is 16.6 Å². The van der Waals surface area contributed by atoms with Crippen LogP contribution < -0.4 is 4.90 Å². The topological polar surface area (TPSA) is 37.4 Å². The minimum atomic E-state index is -4.49. The van der Waals surface area contributed by atoms with Crippen LogP contribution in [0.5, 0.6) is 0 Å². The lowest BCUT2D eigenvalue weighted by atomic mass is 10.1. The highest BCUT2D eigenvalue weighted by molar-refractivity contribution is 7.86. The van der Waals surface area contributed by atoms with Gasteiger partial charge >= 0.3 is 10.2 Å². The maximum Gasteiger partial charge on any atom is 0.302 e. The summed E-state index contributed by atoms with van der Waals surface area (Å²) < 4.78 is 46.1. The van der Waals surface area contributed by atoms with Crippen LogP contribution in [0.15, 0.2) is 18.2 Å². The summed E-state index contributed by atoms with van der Waals surface area (Å²) in [5.41, 5.74) is 1.16. The fourth-order valence-electron chi connectivity index (χ4n) is 1.40. The molecule has 6 heteroatoms. The van der Waals surface area contributed by atoms with E-state index >= 15 is 0 Å². The van der Waals surface area contributed by atoms with E-state index in [2.05, 4.69) is 0 Å². The molecule has 90 valence electrons. The second-order valence-corrected chi connectivity index (χ2v) is 5.15. The molecule has 0 saturated heterocycles. The van der Waals surface area contributed by atoms with Crippen LogP contribution in [0, 0.1) is 5.82 Å². The molecule has 1 rings (SSSR count). The number of hydrogen-bond donors (Lipinski definition) is 0. The standard InChI is InChI=1S/C10H13F2NO2S/c1-13(2)10-7-9(11)4-3-8(10)5-6-16(12,14)15/h3-4,7H,5-6H2,1-2H3. The smallest absolute Gasteiger partial charge is 0.302 e. The molecular formula is C10H13F2NO2S. The monoisotopic (exact) mass is 249 g/mol. The van der Waals surface area contributed by atoms with E-state index in [9.17, 15) is 16.7 Å². The summed E-state index contributed by atoms with van der Waals surface area (Å²) in [6.45, 7) is 0. The van der Waals surface area contributed by atoms with Crippen molar-refractivity contribution in [3.05, 3.63) is 29.6 Å². The predicted molar refractivity (Wildman–Crippen MR) is 59.3 cm³/mol. The summed E-state index contributed by atoms with van der Waals surface area (Å²) in [5, 5.41) is 0. The van der Waals surface area contributed by atoms with Crippen molar-refractivity contribution >= 4 is 15.9 Å². The summed E-state index contributed by atoms with van der Waals surface area (Å²) in [7, 11) is -1.07. The van der Waals surface area contributed by atoms with Gasteiger partial charge in [-0.25, -0.2) is 4.39 Å². The van der Waals surface area contributed by atoms with Crippen molar-refractivity contribution in [3.8, 4) is 0 Å². The second-order valence-electron chi connectivity index (χ2n) is 3.66. The van der Waals surface area contributed by atoms with Crippen LogP contribution >= 0.6 is 0 Å². The van der Waals surface area contributed by atoms with Gasteiger partial charge in [0.2, 0.25) is 0 Å². The number of halogens is 2. The third-order valence-corrected chi connectivity index (χ3v) is 2.84. The van der Waals surface area contributed by atoms with E-state index in [0.717, 1.165) is 0 Å². The molecule has 0 spiro atoms. The highest BCUT2D eigenvalue weighted by Crippen LogP contribution is 2.21. The summed E-state index contributed by atoms with van der Waals surface area (Å²) in [6.07, 6.45) is 0.0344. The molecule has 0 heterocycles. The minimum Gasteiger partial charge on any atom is -0.377 e. The van der Waals surface area contributed by atoms with Gasteiger partial charge in [-0.3, -0.25) is 0 Å². The average molecular weight is 249 g/mol. The molecule has 1 aromatic rings. The summed E-state index contributed by atoms with van der Waals surface area (Å²) in [5.74, 6) is -0.991. The van der Waals surface area contributed by atoms with E-state index in [1.54, 1.807) is 19.0 Å². The molecule has 0 aliphatic rings. The number of rotatable bonds is 4. The third kappa shape index (κ3) is 3.77. The molecule has 0 saturated carbocycles. The van der Waals surface area contributed by atoms with Crippen molar-refractivity contribution in [3.63, 3.8) is 0 Å². The zero-order chi connectivity index (χ0) is 12.3. The van der Waals surface area contributed by atoms with Crippen molar-refractivity contribution in [2.45, 2.75) is 6.42 Å². The summed E-state index contributed by atoms with van der Waals surface area (Å²) >= 11 is 0. The van der Waals surface area contributed by atoms with Gasteiger partial charge in [0.1, 0.15) is 5.82 Å². The molecule has 0 aromatic heterocycles. The largest absolute Gasteiger partial charge is 0.377 e. The van der Waals surface area contributed by atoms with E-state index in [1.807, 2.05) is 0 Å². The van der Waals surface area contributed by atoms with Gasteiger partial charge in [-0.1, -0.05) is 6.07 Å². The van der Waals surface area contributed by atoms with Crippen LogP contribution in [0.2, 0.25) is 0 Å². The lowest BCUT2D eigenvalue weighted by molar-refractivity contribution is 0.551. The molecule has 0 N–H and O–H groups in total. The molecule has 0 atom stereocenters. The van der Waals surface area contributed by atoms with Gasteiger partial charge in [-0.2, -0.15) is 8.42 Å². The zero-order valence-corrected chi connectivity index (χ0v) is 9.89. The van der Waals surface area contributed by atoms with Crippen molar-refractivity contribution in [2.75, 3.05) is 24.7 Å². The molecule has 0 aliphatic heterocycles. The van der Waals surface area contributed by atoms with Gasteiger partial charge in [-0.05, 0) is 24.1 Å². The lowest BCUT2D eigenvalue weighted by Gasteiger charge is -2.17. The van der Waals surface area contributed by atoms with E-state index in [-0.39, 0.29) is 6.42 Å². The molecule has 0 radical (unpaired) electrons. The quantitative estimate of drug-likeness (QED) is 0.763. The second kappa shape index (κ2) is 4.78. The molecule has 0 bridgehead atoms. The summed E-state index contributed by atoms with van der Waals surface area (Å²) in [4.78, 5) is 1.66. The number of nitrogens with zero attached hydrogens (tertiary/aromatic N) is 1. The average Bonchev–Trinajstić information content (AvgIpc) is 2.14. The Labute approximate surface area is 93.9 Å². The Morgan fingerprint density at radius 2 is 1.94 bits per heavy atom. The fourth-order valence-corrected chi connectivity index (χ4v) is 1.86. The van der Waals surface area contributed by atoms with Crippen LogP contribution in [0.1, 0.15) is 5.56 Å². The van der Waals surface area contributed by atoms with Crippen LogP contribution in [0.3, 0.4) is 0 Å². The molecule has 0 aliphatic carbocycles. The van der Waals surface area contributed by atoms with Crippen molar-refractivity contribution in [1.82, 2.24) is 0 Å². The molecule has 0 amide bonds. The molecule has 0 unspecified atom stereocenters. The van der Waals surface area contributed by atoms with Crippen molar-refractivity contribution in [1.29, 1.82) is 0 Å². The first-order chi connectivity index (χ1) is 7.29. The molecule has 3 nitrogen and oxygen atoms in total. The van der Waals surface area contributed by atoms with E-state index in [1.165, 1.54) is 18.2 Å². The minimum absolute atomic E-state index is 0.0344. The molecule has 1 aromatic carbocycles. The van der Waals surface area contributed by atoms with Crippen LogP contribution in [-0.4, -0.2) is 28.3 Å². The first-order valence-corrected chi connectivity index (χ1v) is 6.23. The molecule has 16 heavy (non-hydrogen) atoms. The summed E-state index contributed by atoms with van der Waals surface area (Å²) in [6, 6.07) is 3.99. The highest BCUT2D eigenvalue weighted by atomic mass is 32.3. The van der Waals surface area contributed by atoms with Gasteiger partial charge in [0, 0.05) is 19.8 Å². The third-order valence-electron chi connectivity index (χ3n) is 2.14. The maximum absolute atomic E-state index is 13.0. The maximum atomic E-state index is 13.0. The molecule has 0 fully saturated rings. The number of benzene rings is 1. The Hall–Kier alpha value is -1.17. The Kier molecular flexibility index (Phi) is 3.85. The highest BCUT2D eigenvalue weighted by Gasteiger charge is 2.11. The first kappa shape index (κ1) is 12.9. The number of aryl methyl sites for hydroxylation is 1. The predicted octanol–water partition coefficient (Wildman–Crippen LogP) is 1.73. The fraction of sp³-hybridized carbons (Fsp3) is 0.400. The van der Waals surface area contributed by atoms with Crippen LogP contribution in [0.4, 0.5) is 14.0 Å². The van der Waals surface area contributed by atoms with Gasteiger partial charge in [0.15, 0.2) is 0 Å². The Bertz CT molecular complexity index is 472. The normalized spacial score (nSPS) is 11.5. The van der Waals surface area contributed by atoms with Gasteiger partial charge in [0.05, 0.1) is 5.75 Å². The van der Waals surface area contributed by atoms with E-state index in [4.69, 9.17) is 0 Å². The van der Waals surface area contributed by atoms with E-state index in [0.29, 0.717) is 11.3 Å². The SMILES string of the molecule is CN(C)c1cc(F)ccc1CCS(=O)(=O)F. The molecular weight excluding hydrogens is 236 g/mol. The first-order valence-electron chi connectivity index (χ1n) is 4.67. The van der Waals surface area contributed by atoms with Gasteiger partial charge in [-0.15, -0.1) is 3.89 Å². The lowest BCUT2D eigenvalue weighted by Crippen LogP contribution is -2.13. The van der Waals surface area contributed by atoms with Gasteiger partial charge < -0.3 is 4.90 Å². The number of hydrogen-bond acceptors (Lipinski definition) is 3.